The second kappa shape index (κ2) is 8.17. The van der Waals surface area contributed by atoms with E-state index >= 15 is 0 Å². The Kier molecular flexibility index (Phi) is 6.87. The fourth-order valence-electron chi connectivity index (χ4n) is 1.61. The van der Waals surface area contributed by atoms with Crippen molar-refractivity contribution in [3.63, 3.8) is 0 Å². The van der Waals surface area contributed by atoms with E-state index in [0.29, 0.717) is 13.2 Å². The summed E-state index contributed by atoms with van der Waals surface area (Å²) in [5.74, 6) is 0.929. The molecule has 0 aliphatic heterocycles. The molecule has 1 amide bonds. The molecule has 0 spiro atoms. The molecule has 0 aromatic heterocycles. The van der Waals surface area contributed by atoms with Crippen LogP contribution in [0.1, 0.15) is 13.8 Å². The summed E-state index contributed by atoms with van der Waals surface area (Å²) in [7, 11) is 1.99. The van der Waals surface area contributed by atoms with Gasteiger partial charge in [0, 0.05) is 10.5 Å². The Labute approximate surface area is 123 Å². The Morgan fingerprint density at radius 1 is 1.37 bits per heavy atom. The summed E-state index contributed by atoms with van der Waals surface area (Å²) >= 11 is 3.38. The van der Waals surface area contributed by atoms with Crippen molar-refractivity contribution in [3.8, 4) is 5.75 Å². The van der Waals surface area contributed by atoms with Crippen LogP contribution in [0.3, 0.4) is 0 Å². The highest BCUT2D eigenvalue weighted by Crippen LogP contribution is 2.15. The minimum Gasteiger partial charge on any atom is -0.488 e. The number of quaternary nitrogens is 1. The van der Waals surface area contributed by atoms with Gasteiger partial charge in [-0.05, 0) is 38.1 Å². The summed E-state index contributed by atoms with van der Waals surface area (Å²) in [6.45, 7) is 5.79. The second-order valence-electron chi connectivity index (χ2n) is 4.91. The molecule has 1 aromatic carbocycles. The van der Waals surface area contributed by atoms with Crippen molar-refractivity contribution >= 4 is 21.8 Å². The monoisotopic (exact) mass is 329 g/mol. The molecule has 106 valence electrons. The maximum Gasteiger partial charge on any atom is 0.275 e. The smallest absolute Gasteiger partial charge is 0.275 e. The highest BCUT2D eigenvalue weighted by molar-refractivity contribution is 9.10. The molecule has 0 aliphatic rings. The lowest BCUT2D eigenvalue weighted by Crippen LogP contribution is -3.10. The predicted molar refractivity (Wildman–Crippen MR) is 79.5 cm³/mol. The van der Waals surface area contributed by atoms with Crippen molar-refractivity contribution in [1.82, 2.24) is 5.32 Å². The molecule has 1 unspecified atom stereocenters. The van der Waals surface area contributed by atoms with Gasteiger partial charge in [-0.25, -0.2) is 0 Å². The van der Waals surface area contributed by atoms with Gasteiger partial charge in [-0.2, -0.15) is 0 Å². The number of carbonyl (C=O) groups excluding carboxylic acids is 1. The molecule has 0 fully saturated rings. The summed E-state index contributed by atoms with van der Waals surface area (Å²) < 4.78 is 6.66. The van der Waals surface area contributed by atoms with Crippen LogP contribution in [-0.2, 0) is 4.79 Å². The van der Waals surface area contributed by atoms with Crippen LogP contribution in [0.25, 0.3) is 0 Å². The van der Waals surface area contributed by atoms with Crippen LogP contribution in [0.4, 0.5) is 0 Å². The van der Waals surface area contributed by atoms with E-state index in [1.165, 1.54) is 0 Å². The zero-order valence-corrected chi connectivity index (χ0v) is 13.3. The van der Waals surface area contributed by atoms with Gasteiger partial charge in [-0.15, -0.1) is 0 Å². The third kappa shape index (κ3) is 7.18. The summed E-state index contributed by atoms with van der Waals surface area (Å²) in [4.78, 5) is 12.7. The number of carbonyl (C=O) groups is 1. The van der Waals surface area contributed by atoms with Crippen LogP contribution < -0.4 is 15.0 Å². The number of amides is 1. The van der Waals surface area contributed by atoms with E-state index in [1.54, 1.807) is 0 Å². The van der Waals surface area contributed by atoms with E-state index in [9.17, 15) is 4.79 Å². The van der Waals surface area contributed by atoms with E-state index in [-0.39, 0.29) is 11.9 Å². The van der Waals surface area contributed by atoms with Crippen LogP contribution in [0, 0.1) is 0 Å². The van der Waals surface area contributed by atoms with Gasteiger partial charge in [-0.1, -0.05) is 15.9 Å². The molecule has 0 aliphatic carbocycles. The van der Waals surface area contributed by atoms with E-state index in [4.69, 9.17) is 4.74 Å². The number of halogens is 1. The molecular formula is C14H22BrN2O2+. The van der Waals surface area contributed by atoms with Gasteiger partial charge in [-0.3, -0.25) is 4.79 Å². The van der Waals surface area contributed by atoms with E-state index < -0.39 is 0 Å². The molecule has 0 saturated carbocycles. The SMILES string of the molecule is CC(C)NC(=O)C[NH+](C)CCOc1ccc(Br)cc1. The normalized spacial score (nSPS) is 12.3. The van der Waals surface area contributed by atoms with Crippen molar-refractivity contribution in [3.05, 3.63) is 28.7 Å². The van der Waals surface area contributed by atoms with Gasteiger partial charge in [0.05, 0.1) is 7.05 Å². The van der Waals surface area contributed by atoms with E-state index in [0.717, 1.165) is 21.7 Å². The molecule has 0 radical (unpaired) electrons. The summed E-state index contributed by atoms with van der Waals surface area (Å²) in [6, 6.07) is 7.93. The fourth-order valence-corrected chi connectivity index (χ4v) is 1.87. The van der Waals surface area contributed by atoms with Crippen LogP contribution in [-0.4, -0.2) is 38.7 Å². The number of ether oxygens (including phenoxy) is 1. The van der Waals surface area contributed by atoms with Gasteiger partial charge in [0.2, 0.25) is 0 Å². The standard InChI is InChI=1S/C14H21BrN2O2/c1-11(2)16-14(18)10-17(3)8-9-19-13-6-4-12(15)5-7-13/h4-7,11H,8-10H2,1-3H3,(H,16,18)/p+1. The van der Waals surface area contributed by atoms with Crippen LogP contribution >= 0.6 is 15.9 Å². The molecule has 5 heteroatoms. The summed E-state index contributed by atoms with van der Waals surface area (Å²) in [5.41, 5.74) is 0. The number of likely N-dealkylation sites (N-methyl/N-ethyl adjacent to an activating group) is 1. The van der Waals surface area contributed by atoms with Crippen LogP contribution in [0.5, 0.6) is 5.75 Å². The number of benzene rings is 1. The first-order chi connectivity index (χ1) is 8.97. The lowest BCUT2D eigenvalue weighted by Gasteiger charge is -2.15. The molecule has 1 atom stereocenters. The average molecular weight is 330 g/mol. The Hall–Kier alpha value is -1.07. The average Bonchev–Trinajstić information content (AvgIpc) is 2.30. The van der Waals surface area contributed by atoms with Gasteiger partial charge in [0.1, 0.15) is 18.9 Å². The van der Waals surface area contributed by atoms with E-state index in [2.05, 4.69) is 21.2 Å². The molecule has 0 bridgehead atoms. The minimum atomic E-state index is 0.0798. The summed E-state index contributed by atoms with van der Waals surface area (Å²) in [5, 5.41) is 2.88. The molecule has 1 aromatic rings. The third-order valence-electron chi connectivity index (χ3n) is 2.52. The maximum atomic E-state index is 11.6. The molecule has 0 saturated heterocycles. The molecule has 0 heterocycles. The number of hydrogen-bond acceptors (Lipinski definition) is 2. The quantitative estimate of drug-likeness (QED) is 0.779. The first kappa shape index (κ1) is 16.0. The zero-order chi connectivity index (χ0) is 14.3. The van der Waals surface area contributed by atoms with Gasteiger partial charge < -0.3 is 15.0 Å². The zero-order valence-electron chi connectivity index (χ0n) is 11.7. The van der Waals surface area contributed by atoms with Crippen molar-refractivity contribution < 1.29 is 14.4 Å². The fraction of sp³-hybridized carbons (Fsp3) is 0.500. The van der Waals surface area contributed by atoms with Gasteiger partial charge in [0.25, 0.3) is 5.91 Å². The maximum absolute atomic E-state index is 11.6. The molecule has 4 nitrogen and oxygen atoms in total. The first-order valence-electron chi connectivity index (χ1n) is 6.46. The predicted octanol–water partition coefficient (Wildman–Crippen LogP) is 0.867. The summed E-state index contributed by atoms with van der Waals surface area (Å²) in [6.07, 6.45) is 0. The van der Waals surface area contributed by atoms with Crippen molar-refractivity contribution in [2.24, 2.45) is 0 Å². The molecule has 1 rings (SSSR count). The highest BCUT2D eigenvalue weighted by atomic mass is 79.9. The Balaban J connectivity index is 2.21. The second-order valence-corrected chi connectivity index (χ2v) is 5.82. The van der Waals surface area contributed by atoms with Crippen LogP contribution in [0.15, 0.2) is 28.7 Å². The number of rotatable bonds is 7. The third-order valence-corrected chi connectivity index (χ3v) is 3.05. The van der Waals surface area contributed by atoms with Crippen molar-refractivity contribution in [2.45, 2.75) is 19.9 Å². The molecule has 2 N–H and O–H groups in total. The van der Waals surface area contributed by atoms with Crippen LogP contribution in [0.2, 0.25) is 0 Å². The lowest BCUT2D eigenvalue weighted by molar-refractivity contribution is -0.871. The van der Waals surface area contributed by atoms with Gasteiger partial charge in [0.15, 0.2) is 6.54 Å². The highest BCUT2D eigenvalue weighted by Gasteiger charge is 2.10. The molecule has 19 heavy (non-hydrogen) atoms. The largest absolute Gasteiger partial charge is 0.488 e. The van der Waals surface area contributed by atoms with Gasteiger partial charge >= 0.3 is 0 Å². The Morgan fingerprint density at radius 3 is 2.58 bits per heavy atom. The Morgan fingerprint density at radius 2 is 2.00 bits per heavy atom. The van der Waals surface area contributed by atoms with E-state index in [1.807, 2.05) is 45.2 Å². The number of nitrogens with one attached hydrogen (secondary N) is 2. The van der Waals surface area contributed by atoms with Crippen molar-refractivity contribution in [2.75, 3.05) is 26.7 Å². The van der Waals surface area contributed by atoms with Crippen molar-refractivity contribution in [1.29, 1.82) is 0 Å². The topological polar surface area (TPSA) is 42.8 Å². The molecular weight excluding hydrogens is 308 g/mol. The Bertz CT molecular complexity index is 393. The first-order valence-corrected chi connectivity index (χ1v) is 7.25. The minimum absolute atomic E-state index is 0.0798. The lowest BCUT2D eigenvalue weighted by atomic mass is 10.3. The number of hydrogen-bond donors (Lipinski definition) is 2.